The Morgan fingerprint density at radius 3 is 2.70 bits per heavy atom. The number of ether oxygens (including phenoxy) is 1. The highest BCUT2D eigenvalue weighted by molar-refractivity contribution is 6.28. The van der Waals surface area contributed by atoms with Crippen LogP contribution < -0.4 is 10.2 Å². The molecule has 2 aliphatic heterocycles. The van der Waals surface area contributed by atoms with Crippen molar-refractivity contribution in [3.05, 3.63) is 5.28 Å². The fourth-order valence-corrected chi connectivity index (χ4v) is 2.82. The molecule has 6 nitrogen and oxygen atoms in total. The number of hydrogen-bond acceptors (Lipinski definition) is 6. The van der Waals surface area contributed by atoms with Crippen LogP contribution in [0.5, 0.6) is 0 Å². The molecule has 2 fully saturated rings. The Balaban J connectivity index is 1.78. The number of rotatable bonds is 3. The monoisotopic (exact) mass is 297 g/mol. The van der Waals surface area contributed by atoms with Crippen LogP contribution in [0, 0.1) is 0 Å². The number of piperidine rings is 1. The van der Waals surface area contributed by atoms with Crippen molar-refractivity contribution in [3.63, 3.8) is 0 Å². The highest BCUT2D eigenvalue weighted by Gasteiger charge is 2.30. The molecule has 3 rings (SSSR count). The smallest absolute Gasteiger partial charge is 0.231 e. The van der Waals surface area contributed by atoms with Gasteiger partial charge < -0.3 is 15.0 Å². The van der Waals surface area contributed by atoms with Gasteiger partial charge in [0, 0.05) is 19.7 Å². The lowest BCUT2D eigenvalue weighted by molar-refractivity contribution is 0.185. The topological polar surface area (TPSA) is 63.2 Å². The summed E-state index contributed by atoms with van der Waals surface area (Å²) >= 11 is 6.04. The van der Waals surface area contributed by atoms with Crippen molar-refractivity contribution in [1.29, 1.82) is 0 Å². The summed E-state index contributed by atoms with van der Waals surface area (Å²) < 4.78 is 5.43. The van der Waals surface area contributed by atoms with E-state index in [1.165, 1.54) is 19.3 Å². The van der Waals surface area contributed by atoms with Gasteiger partial charge in [0.25, 0.3) is 0 Å². The van der Waals surface area contributed by atoms with Crippen LogP contribution in [0.15, 0.2) is 0 Å². The fraction of sp³-hybridized carbons (Fsp3) is 0.769. The van der Waals surface area contributed by atoms with Gasteiger partial charge in [0.1, 0.15) is 0 Å². The summed E-state index contributed by atoms with van der Waals surface area (Å²) in [7, 11) is 0. The number of halogens is 1. The molecule has 2 saturated heterocycles. The van der Waals surface area contributed by atoms with E-state index < -0.39 is 0 Å². The van der Waals surface area contributed by atoms with Gasteiger partial charge in [0.05, 0.1) is 12.1 Å². The third kappa shape index (κ3) is 3.12. The summed E-state index contributed by atoms with van der Waals surface area (Å²) in [4.78, 5) is 15.1. The molecule has 0 amide bonds. The van der Waals surface area contributed by atoms with Crippen molar-refractivity contribution in [1.82, 2.24) is 15.0 Å². The SMILES string of the molecule is CC1(Nc2nc(Cl)nc(N3CCCCC3)n2)CCOC1. The minimum absolute atomic E-state index is 0.121. The lowest BCUT2D eigenvalue weighted by Gasteiger charge is -2.28. The van der Waals surface area contributed by atoms with Gasteiger partial charge >= 0.3 is 0 Å². The first-order valence-corrected chi connectivity index (χ1v) is 7.55. The van der Waals surface area contributed by atoms with Gasteiger partial charge in [-0.3, -0.25) is 0 Å². The second kappa shape index (κ2) is 5.69. The molecule has 0 spiro atoms. The third-order valence-corrected chi connectivity index (χ3v) is 4.04. The van der Waals surface area contributed by atoms with E-state index in [1.807, 2.05) is 0 Å². The molecule has 1 N–H and O–H groups in total. The Labute approximate surface area is 123 Å². The van der Waals surface area contributed by atoms with Crippen LogP contribution >= 0.6 is 11.6 Å². The first-order chi connectivity index (χ1) is 9.65. The number of aromatic nitrogens is 3. The molecule has 1 atom stereocenters. The van der Waals surface area contributed by atoms with Gasteiger partial charge in [-0.15, -0.1) is 0 Å². The van der Waals surface area contributed by atoms with Gasteiger partial charge in [-0.25, -0.2) is 0 Å². The lowest BCUT2D eigenvalue weighted by atomic mass is 10.0. The fourth-order valence-electron chi connectivity index (χ4n) is 2.67. The molecule has 7 heteroatoms. The lowest BCUT2D eigenvalue weighted by Crippen LogP contribution is -2.36. The molecule has 0 aliphatic carbocycles. The van der Waals surface area contributed by atoms with Crippen LogP contribution in [0.25, 0.3) is 0 Å². The van der Waals surface area contributed by atoms with E-state index in [9.17, 15) is 0 Å². The van der Waals surface area contributed by atoms with Gasteiger partial charge in [0.2, 0.25) is 17.2 Å². The average molecular weight is 298 g/mol. The third-order valence-electron chi connectivity index (χ3n) is 3.87. The molecule has 1 aromatic heterocycles. The maximum atomic E-state index is 6.04. The maximum Gasteiger partial charge on any atom is 0.231 e. The first-order valence-electron chi connectivity index (χ1n) is 7.17. The van der Waals surface area contributed by atoms with Gasteiger partial charge in [-0.05, 0) is 44.2 Å². The quantitative estimate of drug-likeness (QED) is 0.922. The number of anilines is 2. The van der Waals surface area contributed by atoms with Crippen molar-refractivity contribution in [2.24, 2.45) is 0 Å². The molecule has 110 valence electrons. The summed E-state index contributed by atoms with van der Waals surface area (Å²) in [6, 6.07) is 0. The largest absolute Gasteiger partial charge is 0.379 e. The second-order valence-electron chi connectivity index (χ2n) is 5.76. The molecule has 2 aliphatic rings. The molecule has 1 aromatic rings. The standard InChI is InChI=1S/C13H20ClN5O/c1-13(5-8-20-9-13)18-11-15-10(14)16-12(17-11)19-6-3-2-4-7-19/h2-9H2,1H3,(H,15,16,17,18). The zero-order valence-corrected chi connectivity index (χ0v) is 12.5. The minimum Gasteiger partial charge on any atom is -0.379 e. The first kappa shape index (κ1) is 13.8. The molecular formula is C13H20ClN5O. The van der Waals surface area contributed by atoms with E-state index in [0.29, 0.717) is 18.5 Å². The summed E-state index contributed by atoms with van der Waals surface area (Å²) in [5.74, 6) is 1.22. The zero-order valence-electron chi connectivity index (χ0n) is 11.7. The molecule has 3 heterocycles. The zero-order chi connectivity index (χ0) is 14.0. The summed E-state index contributed by atoms with van der Waals surface area (Å²) in [6.45, 7) is 5.51. The predicted octanol–water partition coefficient (Wildman–Crippen LogP) is 2.11. The van der Waals surface area contributed by atoms with Crippen molar-refractivity contribution >= 4 is 23.5 Å². The summed E-state index contributed by atoms with van der Waals surface area (Å²) in [5.41, 5.74) is -0.121. The normalized spacial score (nSPS) is 26.8. The molecule has 0 radical (unpaired) electrons. The van der Waals surface area contributed by atoms with E-state index >= 15 is 0 Å². The van der Waals surface area contributed by atoms with Crippen LogP contribution in [0.4, 0.5) is 11.9 Å². The van der Waals surface area contributed by atoms with Crippen LogP contribution in [0.3, 0.4) is 0 Å². The highest BCUT2D eigenvalue weighted by Crippen LogP contribution is 2.24. The number of nitrogens with one attached hydrogen (secondary N) is 1. The number of hydrogen-bond donors (Lipinski definition) is 1. The van der Waals surface area contributed by atoms with Crippen LogP contribution in [0.1, 0.15) is 32.6 Å². The summed E-state index contributed by atoms with van der Waals surface area (Å²) in [5, 5.41) is 3.58. The van der Waals surface area contributed by atoms with Crippen LogP contribution in [-0.4, -0.2) is 46.8 Å². The van der Waals surface area contributed by atoms with E-state index in [2.05, 4.69) is 32.1 Å². The van der Waals surface area contributed by atoms with Crippen molar-refractivity contribution < 1.29 is 4.74 Å². The van der Waals surface area contributed by atoms with E-state index in [-0.39, 0.29) is 10.8 Å². The molecule has 0 bridgehead atoms. The Hall–Kier alpha value is -1.14. The minimum atomic E-state index is -0.121. The second-order valence-corrected chi connectivity index (χ2v) is 6.10. The molecular weight excluding hydrogens is 278 g/mol. The van der Waals surface area contributed by atoms with Gasteiger partial charge in [0.15, 0.2) is 0 Å². The maximum absolute atomic E-state index is 6.04. The Kier molecular flexibility index (Phi) is 3.94. The van der Waals surface area contributed by atoms with E-state index in [4.69, 9.17) is 16.3 Å². The van der Waals surface area contributed by atoms with Crippen molar-refractivity contribution in [2.45, 2.75) is 38.1 Å². The summed E-state index contributed by atoms with van der Waals surface area (Å²) in [6.07, 6.45) is 4.57. The number of nitrogens with zero attached hydrogens (tertiary/aromatic N) is 4. The van der Waals surface area contributed by atoms with Crippen LogP contribution in [0.2, 0.25) is 5.28 Å². The molecule has 1 unspecified atom stereocenters. The molecule has 0 saturated carbocycles. The Morgan fingerprint density at radius 1 is 1.20 bits per heavy atom. The highest BCUT2D eigenvalue weighted by atomic mass is 35.5. The van der Waals surface area contributed by atoms with Crippen LogP contribution in [-0.2, 0) is 4.74 Å². The van der Waals surface area contributed by atoms with Gasteiger partial charge in [-0.2, -0.15) is 15.0 Å². The van der Waals surface area contributed by atoms with Gasteiger partial charge in [-0.1, -0.05) is 0 Å². The average Bonchev–Trinajstić information content (AvgIpc) is 2.85. The van der Waals surface area contributed by atoms with E-state index in [1.54, 1.807) is 0 Å². The predicted molar refractivity (Wildman–Crippen MR) is 78.4 cm³/mol. The van der Waals surface area contributed by atoms with E-state index in [0.717, 1.165) is 26.1 Å². The Bertz CT molecular complexity index is 472. The van der Waals surface area contributed by atoms with Crippen molar-refractivity contribution in [2.75, 3.05) is 36.5 Å². The van der Waals surface area contributed by atoms with Crippen molar-refractivity contribution in [3.8, 4) is 0 Å². The Morgan fingerprint density at radius 2 is 2.00 bits per heavy atom. The molecule has 0 aromatic carbocycles. The molecule has 20 heavy (non-hydrogen) atoms.